The van der Waals surface area contributed by atoms with E-state index in [9.17, 15) is 4.79 Å². The molecule has 4 rings (SSSR count). The first kappa shape index (κ1) is 16.0. The standard InChI is InChI=1S/C18H21N5O2/c24-16(25)13-2-6-20-15(10-13)14-3-7-21-17(22-14)23-9-1-4-18(12-23)5-8-19-11-18/h2-3,6-7,10,19H,1,4-5,8-9,11-12H2,(H,24,25). The lowest BCUT2D eigenvalue weighted by Crippen LogP contribution is -2.45. The van der Waals surface area contributed by atoms with Crippen molar-refractivity contribution < 1.29 is 9.90 Å². The van der Waals surface area contributed by atoms with E-state index in [-0.39, 0.29) is 5.56 Å². The molecule has 2 aliphatic heterocycles. The number of carboxylic acids is 1. The molecule has 2 N–H and O–H groups in total. The summed E-state index contributed by atoms with van der Waals surface area (Å²) in [5.74, 6) is -0.268. The van der Waals surface area contributed by atoms with E-state index in [4.69, 9.17) is 5.11 Å². The second-order valence-electron chi connectivity index (χ2n) is 6.93. The molecule has 1 spiro atoms. The summed E-state index contributed by atoms with van der Waals surface area (Å²) in [5, 5.41) is 12.6. The lowest BCUT2D eigenvalue weighted by molar-refractivity contribution is 0.0697. The Kier molecular flexibility index (Phi) is 4.09. The molecule has 2 aromatic rings. The number of hydrogen-bond acceptors (Lipinski definition) is 6. The van der Waals surface area contributed by atoms with Crippen LogP contribution in [0.5, 0.6) is 0 Å². The predicted octanol–water partition coefficient (Wildman–Crippen LogP) is 1.82. The maximum absolute atomic E-state index is 11.2. The molecule has 0 amide bonds. The lowest BCUT2D eigenvalue weighted by atomic mass is 9.79. The molecule has 2 aromatic heterocycles. The molecule has 7 nitrogen and oxygen atoms in total. The molecule has 0 aromatic carbocycles. The summed E-state index contributed by atoms with van der Waals surface area (Å²) in [5.41, 5.74) is 1.74. The third-order valence-corrected chi connectivity index (χ3v) is 5.19. The molecule has 4 heterocycles. The molecule has 130 valence electrons. The van der Waals surface area contributed by atoms with Gasteiger partial charge in [-0.3, -0.25) is 4.98 Å². The number of nitrogens with one attached hydrogen (secondary N) is 1. The van der Waals surface area contributed by atoms with Gasteiger partial charge in [0.1, 0.15) is 0 Å². The van der Waals surface area contributed by atoms with Gasteiger partial charge in [-0.2, -0.15) is 0 Å². The predicted molar refractivity (Wildman–Crippen MR) is 93.6 cm³/mol. The number of aromatic nitrogens is 3. The minimum absolute atomic E-state index is 0.208. The van der Waals surface area contributed by atoms with Gasteiger partial charge in [0.25, 0.3) is 0 Å². The zero-order valence-corrected chi connectivity index (χ0v) is 14.0. The second kappa shape index (κ2) is 6.40. The zero-order valence-electron chi connectivity index (χ0n) is 14.0. The number of aromatic carboxylic acids is 1. The summed E-state index contributed by atoms with van der Waals surface area (Å²) in [4.78, 5) is 26.8. The van der Waals surface area contributed by atoms with Gasteiger partial charge in [-0.25, -0.2) is 14.8 Å². The first-order valence-corrected chi connectivity index (χ1v) is 8.64. The summed E-state index contributed by atoms with van der Waals surface area (Å²) >= 11 is 0. The van der Waals surface area contributed by atoms with Gasteiger partial charge in [-0.05, 0) is 44.0 Å². The van der Waals surface area contributed by atoms with E-state index in [1.807, 2.05) is 0 Å². The maximum atomic E-state index is 11.2. The second-order valence-corrected chi connectivity index (χ2v) is 6.93. The van der Waals surface area contributed by atoms with Crippen LogP contribution < -0.4 is 10.2 Å². The Hall–Kier alpha value is -2.54. The normalized spacial score (nSPS) is 23.1. The summed E-state index contributed by atoms with van der Waals surface area (Å²) in [6, 6.07) is 4.80. The van der Waals surface area contributed by atoms with Gasteiger partial charge in [0, 0.05) is 37.4 Å². The average molecular weight is 339 g/mol. The van der Waals surface area contributed by atoms with Gasteiger partial charge in [0.2, 0.25) is 5.95 Å². The molecular formula is C18H21N5O2. The fourth-order valence-corrected chi connectivity index (χ4v) is 3.87. The van der Waals surface area contributed by atoms with Gasteiger partial charge < -0.3 is 15.3 Å². The largest absolute Gasteiger partial charge is 0.478 e. The number of pyridine rings is 1. The summed E-state index contributed by atoms with van der Waals surface area (Å²) in [6.45, 7) is 4.06. The zero-order chi connectivity index (χ0) is 17.3. The Morgan fingerprint density at radius 2 is 2.08 bits per heavy atom. The van der Waals surface area contributed by atoms with Gasteiger partial charge in [-0.15, -0.1) is 0 Å². The molecule has 2 aliphatic rings. The topological polar surface area (TPSA) is 91.2 Å². The van der Waals surface area contributed by atoms with Crippen molar-refractivity contribution in [2.45, 2.75) is 19.3 Å². The van der Waals surface area contributed by atoms with Gasteiger partial charge >= 0.3 is 5.97 Å². The highest BCUT2D eigenvalue weighted by Crippen LogP contribution is 2.36. The molecule has 2 fully saturated rings. The van der Waals surface area contributed by atoms with Gasteiger partial charge in [0.15, 0.2) is 0 Å². The first-order chi connectivity index (χ1) is 12.2. The van der Waals surface area contributed by atoms with Crippen molar-refractivity contribution in [2.24, 2.45) is 5.41 Å². The molecular weight excluding hydrogens is 318 g/mol. The van der Waals surface area contributed by atoms with Crippen LogP contribution in [0, 0.1) is 5.41 Å². The molecule has 2 saturated heterocycles. The number of anilines is 1. The van der Waals surface area contributed by atoms with E-state index in [1.165, 1.54) is 25.1 Å². The molecule has 0 bridgehead atoms. The third kappa shape index (κ3) is 3.19. The van der Waals surface area contributed by atoms with Crippen LogP contribution in [0.25, 0.3) is 11.4 Å². The molecule has 25 heavy (non-hydrogen) atoms. The number of carboxylic acid groups (broad SMARTS) is 1. The Balaban J connectivity index is 1.61. The Morgan fingerprint density at radius 1 is 1.20 bits per heavy atom. The first-order valence-electron chi connectivity index (χ1n) is 8.64. The van der Waals surface area contributed by atoms with Crippen LogP contribution >= 0.6 is 0 Å². The maximum Gasteiger partial charge on any atom is 0.335 e. The molecule has 1 unspecified atom stereocenters. The van der Waals surface area contributed by atoms with E-state index < -0.39 is 5.97 Å². The van der Waals surface area contributed by atoms with E-state index in [1.54, 1.807) is 18.3 Å². The molecule has 0 saturated carbocycles. The SMILES string of the molecule is O=C(O)c1ccnc(-c2ccnc(N3CCCC4(CCNC4)C3)n2)c1. The van der Waals surface area contributed by atoms with Crippen molar-refractivity contribution in [2.75, 3.05) is 31.1 Å². The lowest BCUT2D eigenvalue weighted by Gasteiger charge is -2.40. The number of rotatable bonds is 3. The van der Waals surface area contributed by atoms with Gasteiger partial charge in [-0.1, -0.05) is 0 Å². The minimum atomic E-state index is -0.968. The van der Waals surface area contributed by atoms with Crippen LogP contribution in [-0.4, -0.2) is 52.2 Å². The molecule has 0 aliphatic carbocycles. The average Bonchev–Trinajstić information content (AvgIpc) is 3.09. The fraction of sp³-hybridized carbons (Fsp3) is 0.444. The van der Waals surface area contributed by atoms with E-state index in [2.05, 4.69) is 25.2 Å². The van der Waals surface area contributed by atoms with Gasteiger partial charge in [0.05, 0.1) is 17.0 Å². The highest BCUT2D eigenvalue weighted by Gasteiger charge is 2.38. The number of hydrogen-bond donors (Lipinski definition) is 2. The van der Waals surface area contributed by atoms with Crippen molar-refractivity contribution in [3.05, 3.63) is 36.2 Å². The summed E-state index contributed by atoms with van der Waals surface area (Å²) in [7, 11) is 0. The number of piperidine rings is 1. The van der Waals surface area contributed by atoms with Crippen LogP contribution in [0.4, 0.5) is 5.95 Å². The van der Waals surface area contributed by atoms with E-state index >= 15 is 0 Å². The monoisotopic (exact) mass is 339 g/mol. The number of nitrogens with zero attached hydrogens (tertiary/aromatic N) is 4. The van der Waals surface area contributed by atoms with E-state index in [0.29, 0.717) is 22.8 Å². The summed E-state index contributed by atoms with van der Waals surface area (Å²) in [6.07, 6.45) is 6.81. The van der Waals surface area contributed by atoms with E-state index in [0.717, 1.165) is 32.6 Å². The quantitative estimate of drug-likeness (QED) is 0.881. The fourth-order valence-electron chi connectivity index (χ4n) is 3.87. The van der Waals surface area contributed by atoms with Crippen molar-refractivity contribution in [1.29, 1.82) is 0 Å². The molecule has 1 atom stereocenters. The van der Waals surface area contributed by atoms with Crippen LogP contribution in [0.3, 0.4) is 0 Å². The van der Waals surface area contributed by atoms with Crippen molar-refractivity contribution in [3.8, 4) is 11.4 Å². The smallest absolute Gasteiger partial charge is 0.335 e. The van der Waals surface area contributed by atoms with Crippen LogP contribution in [0.15, 0.2) is 30.6 Å². The highest BCUT2D eigenvalue weighted by atomic mass is 16.4. The van der Waals surface area contributed by atoms with Crippen molar-refractivity contribution >= 4 is 11.9 Å². The molecule has 7 heteroatoms. The highest BCUT2D eigenvalue weighted by molar-refractivity contribution is 5.88. The van der Waals surface area contributed by atoms with Crippen molar-refractivity contribution in [3.63, 3.8) is 0 Å². The Labute approximate surface area is 146 Å². The van der Waals surface area contributed by atoms with Crippen LogP contribution in [-0.2, 0) is 0 Å². The Bertz CT molecular complexity index is 789. The summed E-state index contributed by atoms with van der Waals surface area (Å²) < 4.78 is 0. The van der Waals surface area contributed by atoms with Crippen molar-refractivity contribution in [1.82, 2.24) is 20.3 Å². The minimum Gasteiger partial charge on any atom is -0.478 e. The van der Waals surface area contributed by atoms with Crippen LogP contribution in [0.1, 0.15) is 29.6 Å². The molecule has 0 radical (unpaired) electrons. The number of carbonyl (C=O) groups is 1. The van der Waals surface area contributed by atoms with Crippen LogP contribution in [0.2, 0.25) is 0 Å². The third-order valence-electron chi connectivity index (χ3n) is 5.19. The Morgan fingerprint density at radius 3 is 2.88 bits per heavy atom.